The van der Waals surface area contributed by atoms with E-state index in [0.717, 1.165) is 42.7 Å². The van der Waals surface area contributed by atoms with E-state index in [1.54, 1.807) is 17.4 Å². The number of hydrogen-bond acceptors (Lipinski definition) is 7. The number of nitrogens with one attached hydrogen (secondary N) is 1. The Bertz CT molecular complexity index is 807. The van der Waals surface area contributed by atoms with Crippen LogP contribution in [0.1, 0.15) is 57.4 Å². The first-order chi connectivity index (χ1) is 15.4. The summed E-state index contributed by atoms with van der Waals surface area (Å²) in [4.78, 5) is 14.6. The van der Waals surface area contributed by atoms with Crippen LogP contribution in [0, 0.1) is 0 Å². The van der Waals surface area contributed by atoms with Crippen molar-refractivity contribution in [3.05, 3.63) is 54.0 Å². The molecule has 0 saturated heterocycles. The maximum absolute atomic E-state index is 11.4. The highest BCUT2D eigenvalue weighted by molar-refractivity contribution is 5.85. The molecular formula is C24H37N5O3. The molecule has 1 amide bonds. The van der Waals surface area contributed by atoms with E-state index in [9.17, 15) is 9.90 Å². The number of amides is 1. The number of primary amides is 1. The second-order valence-corrected chi connectivity index (χ2v) is 8.16. The molecule has 1 aliphatic rings. The summed E-state index contributed by atoms with van der Waals surface area (Å²) in [5.41, 5.74) is 5.49. The Hall–Kier alpha value is -2.84. The number of carbonyl (C=O) groups is 1. The molecule has 176 valence electrons. The Labute approximate surface area is 191 Å². The third-order valence-corrected chi connectivity index (χ3v) is 5.72. The van der Waals surface area contributed by atoms with E-state index in [4.69, 9.17) is 16.3 Å². The van der Waals surface area contributed by atoms with Gasteiger partial charge < -0.3 is 25.9 Å². The number of unbranched alkanes of at least 4 members (excludes halogenated alkanes) is 1. The van der Waals surface area contributed by atoms with Crippen molar-refractivity contribution in [1.29, 1.82) is 0 Å². The summed E-state index contributed by atoms with van der Waals surface area (Å²) in [5, 5.41) is 16.0. The second kappa shape index (κ2) is 12.9. The van der Waals surface area contributed by atoms with E-state index in [2.05, 4.69) is 17.0 Å². The van der Waals surface area contributed by atoms with Gasteiger partial charge in [0, 0.05) is 30.7 Å². The molecular weight excluding hydrogens is 406 g/mol. The zero-order valence-corrected chi connectivity index (χ0v) is 19.0. The molecule has 0 heterocycles. The topological polar surface area (TPSA) is 126 Å². The van der Waals surface area contributed by atoms with Crippen molar-refractivity contribution in [2.45, 2.75) is 63.6 Å². The van der Waals surface area contributed by atoms with Gasteiger partial charge in [0.05, 0.1) is 12.6 Å². The number of aliphatic imine (C=N–C) groups is 1. The van der Waals surface area contributed by atoms with Crippen LogP contribution in [0.15, 0.2) is 53.4 Å². The minimum atomic E-state index is -1.13. The number of rotatable bonds is 15. The minimum Gasteiger partial charge on any atom is -0.490 e. The molecule has 1 atom stereocenters. The molecule has 1 aromatic carbocycles. The molecule has 0 unspecified atom stereocenters. The molecule has 0 radical (unpaired) electrons. The first-order valence-electron chi connectivity index (χ1n) is 11.2. The Balaban J connectivity index is 1.95. The van der Waals surface area contributed by atoms with E-state index in [-0.39, 0.29) is 12.6 Å². The number of carbonyl (C=O) groups excluding carboxylic acids is 1. The number of allylic oxidation sites excluding steroid dienone is 1. The van der Waals surface area contributed by atoms with E-state index in [1.165, 1.54) is 12.5 Å². The quantitative estimate of drug-likeness (QED) is 0.109. The normalized spacial score (nSPS) is 16.3. The number of hydrazine groups is 1. The lowest BCUT2D eigenvalue weighted by molar-refractivity contribution is -0.113. The number of nitrogens with zero attached hydrogens (tertiary/aromatic N) is 2. The van der Waals surface area contributed by atoms with Crippen molar-refractivity contribution in [2.75, 3.05) is 13.1 Å². The molecule has 0 aromatic heterocycles. The monoisotopic (exact) mass is 443 g/mol. The van der Waals surface area contributed by atoms with Gasteiger partial charge in [-0.05, 0) is 69.4 Å². The third-order valence-electron chi connectivity index (χ3n) is 5.72. The van der Waals surface area contributed by atoms with E-state index in [1.807, 2.05) is 31.2 Å². The summed E-state index contributed by atoms with van der Waals surface area (Å²) in [6, 6.07) is 7.66. The zero-order chi connectivity index (χ0) is 23.4. The van der Waals surface area contributed by atoms with Gasteiger partial charge in [-0.3, -0.25) is 9.79 Å². The fourth-order valence-electron chi connectivity index (χ4n) is 3.48. The first-order valence-corrected chi connectivity index (χ1v) is 11.2. The highest BCUT2D eigenvalue weighted by Crippen LogP contribution is 2.31. The van der Waals surface area contributed by atoms with Gasteiger partial charge in [-0.15, -0.1) is 0 Å². The molecule has 0 spiro atoms. The number of ether oxygens (including phenoxy) is 1. The first kappa shape index (κ1) is 25.4. The fraction of sp³-hybridized carbons (Fsp3) is 0.500. The van der Waals surface area contributed by atoms with Crippen LogP contribution in [-0.4, -0.2) is 41.9 Å². The fourth-order valence-corrected chi connectivity index (χ4v) is 3.48. The summed E-state index contributed by atoms with van der Waals surface area (Å²) in [5.74, 6) is 6.65. The van der Waals surface area contributed by atoms with Crippen LogP contribution in [0.5, 0.6) is 5.75 Å². The largest absolute Gasteiger partial charge is 0.490 e. The molecule has 32 heavy (non-hydrogen) atoms. The van der Waals surface area contributed by atoms with Gasteiger partial charge >= 0.3 is 0 Å². The second-order valence-electron chi connectivity index (χ2n) is 8.16. The van der Waals surface area contributed by atoms with Gasteiger partial charge in [-0.2, -0.15) is 0 Å². The lowest BCUT2D eigenvalue weighted by Crippen LogP contribution is -2.43. The molecule has 1 saturated carbocycles. The molecule has 6 N–H and O–H groups in total. The highest BCUT2D eigenvalue weighted by Gasteiger charge is 2.31. The molecule has 8 nitrogen and oxygen atoms in total. The molecule has 8 heteroatoms. The van der Waals surface area contributed by atoms with Crippen LogP contribution in [-0.2, 0) is 10.4 Å². The lowest BCUT2D eigenvalue weighted by atomic mass is 9.90. The molecule has 0 bridgehead atoms. The van der Waals surface area contributed by atoms with Crippen molar-refractivity contribution >= 4 is 12.6 Å². The van der Waals surface area contributed by atoms with Crippen molar-refractivity contribution in [3.63, 3.8) is 0 Å². The van der Waals surface area contributed by atoms with E-state index >= 15 is 0 Å². The summed E-state index contributed by atoms with van der Waals surface area (Å²) in [6.07, 6.45) is 11.0. The number of hydrogen-bond donors (Lipinski definition) is 4. The Morgan fingerprint density at radius 3 is 2.84 bits per heavy atom. The Morgan fingerprint density at radius 2 is 2.22 bits per heavy atom. The highest BCUT2D eigenvalue weighted by atomic mass is 16.5. The summed E-state index contributed by atoms with van der Waals surface area (Å²) >= 11 is 0. The van der Waals surface area contributed by atoms with Crippen molar-refractivity contribution in [1.82, 2.24) is 10.3 Å². The maximum Gasteiger partial charge on any atom is 0.242 e. The third kappa shape index (κ3) is 8.01. The predicted octanol–water partition coefficient (Wildman–Crippen LogP) is 2.69. The molecule has 1 fully saturated rings. The van der Waals surface area contributed by atoms with Crippen LogP contribution in [0.2, 0.25) is 0 Å². The minimum absolute atomic E-state index is 0.220. The van der Waals surface area contributed by atoms with Crippen molar-refractivity contribution < 1.29 is 14.6 Å². The van der Waals surface area contributed by atoms with Gasteiger partial charge in [0.15, 0.2) is 0 Å². The lowest BCUT2D eigenvalue weighted by Gasteiger charge is -2.34. The average Bonchev–Trinajstić information content (AvgIpc) is 2.74. The van der Waals surface area contributed by atoms with Crippen LogP contribution in [0.4, 0.5) is 0 Å². The summed E-state index contributed by atoms with van der Waals surface area (Å²) in [7, 11) is 0. The zero-order valence-electron chi connectivity index (χ0n) is 19.0. The van der Waals surface area contributed by atoms with Crippen molar-refractivity contribution in [3.8, 4) is 5.75 Å². The number of aliphatic hydroxyl groups is 1. The van der Waals surface area contributed by atoms with Crippen LogP contribution >= 0.6 is 0 Å². The van der Waals surface area contributed by atoms with Crippen LogP contribution in [0.25, 0.3) is 0 Å². The SMILES string of the molecule is C=N/C=C(/CCCCN/C=C\C(N)=O)N(N)C[C@](O)(CC)c1cccc(OC2CCC2)c1. The van der Waals surface area contributed by atoms with Crippen LogP contribution < -0.4 is 21.6 Å². The Morgan fingerprint density at radius 1 is 1.44 bits per heavy atom. The smallest absolute Gasteiger partial charge is 0.242 e. The standard InChI is InChI=1S/C24H37N5O3/c1-3-24(31,19-8-6-12-22(16-19)32-21-10-7-11-21)18-29(26)20(17-27-2)9-4-5-14-28-15-13-23(25)30/h6,8,12-13,15-17,21,28,31H,2-5,7,9-11,14,18,26H2,1H3,(H2,25,30)/b15-13-,20-17-/t24-/m1/s1. The van der Waals surface area contributed by atoms with E-state index in [0.29, 0.717) is 19.4 Å². The molecule has 1 aliphatic carbocycles. The van der Waals surface area contributed by atoms with Gasteiger partial charge in [0.2, 0.25) is 5.91 Å². The Kier molecular flexibility index (Phi) is 10.2. The summed E-state index contributed by atoms with van der Waals surface area (Å²) < 4.78 is 6.00. The van der Waals surface area contributed by atoms with Crippen LogP contribution in [0.3, 0.4) is 0 Å². The van der Waals surface area contributed by atoms with Gasteiger partial charge in [0.1, 0.15) is 11.4 Å². The van der Waals surface area contributed by atoms with Crippen molar-refractivity contribution in [2.24, 2.45) is 16.6 Å². The average molecular weight is 444 g/mol. The number of nitrogens with two attached hydrogens (primary N) is 2. The molecule has 0 aliphatic heterocycles. The molecule has 2 rings (SSSR count). The van der Waals surface area contributed by atoms with Gasteiger partial charge in [0.25, 0.3) is 0 Å². The van der Waals surface area contributed by atoms with Gasteiger partial charge in [-0.25, -0.2) is 5.84 Å². The number of benzene rings is 1. The van der Waals surface area contributed by atoms with E-state index < -0.39 is 11.5 Å². The summed E-state index contributed by atoms with van der Waals surface area (Å²) in [6.45, 7) is 6.40. The van der Waals surface area contributed by atoms with Gasteiger partial charge in [-0.1, -0.05) is 19.1 Å². The molecule has 1 aromatic rings. The maximum atomic E-state index is 11.4. The predicted molar refractivity (Wildman–Crippen MR) is 128 cm³/mol.